The summed E-state index contributed by atoms with van der Waals surface area (Å²) in [5, 5.41) is 7.92. The number of benzene rings is 2. The highest BCUT2D eigenvalue weighted by Crippen LogP contribution is 2.25. The molecule has 0 spiro atoms. The van der Waals surface area contributed by atoms with Gasteiger partial charge in [-0.15, -0.1) is 0 Å². The fourth-order valence-corrected chi connectivity index (χ4v) is 4.91. The van der Waals surface area contributed by atoms with E-state index in [1.807, 2.05) is 18.3 Å². The van der Waals surface area contributed by atoms with Crippen molar-refractivity contribution in [2.45, 2.75) is 11.3 Å². The maximum Gasteiger partial charge on any atom is 0.261 e. The molecule has 0 fully saturated rings. The second-order valence-corrected chi connectivity index (χ2v) is 9.61. The summed E-state index contributed by atoms with van der Waals surface area (Å²) in [5.41, 5.74) is 5.18. The summed E-state index contributed by atoms with van der Waals surface area (Å²) < 4.78 is 29.6. The monoisotopic (exact) mass is 481 g/mol. The van der Waals surface area contributed by atoms with Crippen molar-refractivity contribution in [3.8, 4) is 0 Å². The van der Waals surface area contributed by atoms with E-state index in [9.17, 15) is 8.42 Å². The van der Waals surface area contributed by atoms with Crippen LogP contribution in [0, 0.1) is 0 Å². The van der Waals surface area contributed by atoms with Crippen LogP contribution in [0.4, 0.5) is 5.69 Å². The van der Waals surface area contributed by atoms with Crippen LogP contribution in [0.1, 0.15) is 23.2 Å². The molecular weight excluding hydrogens is 458 g/mol. The third-order valence-electron chi connectivity index (χ3n) is 5.39. The Morgan fingerprint density at radius 3 is 2.48 bits per heavy atom. The predicted octanol–water partition coefficient (Wildman–Crippen LogP) is 4.25. The molecule has 3 aromatic rings. The second kappa shape index (κ2) is 9.74. The molecule has 0 radical (unpaired) electrons. The molecule has 170 valence electrons. The fourth-order valence-electron chi connectivity index (χ4n) is 3.72. The lowest BCUT2D eigenvalue weighted by atomic mass is 10.0. The number of hydrogen-bond acceptors (Lipinski definition) is 5. The van der Waals surface area contributed by atoms with Crippen LogP contribution in [-0.4, -0.2) is 45.7 Å². The summed E-state index contributed by atoms with van der Waals surface area (Å²) in [6, 6.07) is 15.1. The van der Waals surface area contributed by atoms with Gasteiger partial charge in [-0.05, 0) is 66.6 Å². The Hall–Kier alpha value is -3.20. The quantitative estimate of drug-likeness (QED) is 0.494. The van der Waals surface area contributed by atoms with E-state index in [-0.39, 0.29) is 4.90 Å². The molecule has 2 N–H and O–H groups in total. The highest BCUT2D eigenvalue weighted by atomic mass is 35.5. The van der Waals surface area contributed by atoms with E-state index in [1.54, 1.807) is 36.0 Å². The van der Waals surface area contributed by atoms with Crippen LogP contribution in [0.3, 0.4) is 0 Å². The van der Waals surface area contributed by atoms with Crippen LogP contribution < -0.4 is 10.0 Å². The molecule has 0 saturated heterocycles. The van der Waals surface area contributed by atoms with Gasteiger partial charge in [-0.3, -0.25) is 9.71 Å². The molecule has 0 amide bonds. The van der Waals surface area contributed by atoms with E-state index in [0.717, 1.165) is 42.0 Å². The first-order valence-electron chi connectivity index (χ1n) is 10.4. The van der Waals surface area contributed by atoms with Gasteiger partial charge in [0.1, 0.15) is 0 Å². The van der Waals surface area contributed by atoms with Gasteiger partial charge >= 0.3 is 0 Å². The summed E-state index contributed by atoms with van der Waals surface area (Å²) in [6.45, 7) is 5.48. The number of sulfonamides is 1. The van der Waals surface area contributed by atoms with Gasteiger partial charge in [0.05, 0.1) is 16.3 Å². The zero-order chi connectivity index (χ0) is 23.4. The molecule has 0 atom stereocenters. The van der Waals surface area contributed by atoms with Gasteiger partial charge in [0.25, 0.3) is 10.0 Å². The van der Waals surface area contributed by atoms with Crippen LogP contribution in [0.25, 0.3) is 5.57 Å². The highest BCUT2D eigenvalue weighted by Gasteiger charge is 2.17. The third kappa shape index (κ3) is 5.08. The number of aromatic nitrogens is 1. The average molecular weight is 482 g/mol. The van der Waals surface area contributed by atoms with Crippen molar-refractivity contribution >= 4 is 45.3 Å². The molecule has 4 rings (SSSR count). The molecule has 2 aromatic carbocycles. The second-order valence-electron chi connectivity index (χ2n) is 7.49. The number of nitrogens with one attached hydrogen (secondary N) is 2. The largest absolute Gasteiger partial charge is 0.313 e. The van der Waals surface area contributed by atoms with Gasteiger partial charge in [-0.25, -0.2) is 13.1 Å². The Kier molecular flexibility index (Phi) is 6.78. The number of anilines is 1. The molecule has 2 heterocycles. The van der Waals surface area contributed by atoms with Crippen LogP contribution >= 0.6 is 11.6 Å². The first-order valence-corrected chi connectivity index (χ1v) is 12.2. The minimum atomic E-state index is -3.72. The summed E-state index contributed by atoms with van der Waals surface area (Å²) in [6.07, 6.45) is 5.08. The van der Waals surface area contributed by atoms with Crippen molar-refractivity contribution in [3.05, 3.63) is 88.7 Å². The van der Waals surface area contributed by atoms with E-state index in [2.05, 4.69) is 39.0 Å². The fraction of sp³-hybridized carbons (Fsp3) is 0.167. The van der Waals surface area contributed by atoms with Gasteiger partial charge in [0.2, 0.25) is 0 Å². The van der Waals surface area contributed by atoms with Gasteiger partial charge < -0.3 is 5.32 Å². The van der Waals surface area contributed by atoms with Gasteiger partial charge in [-0.2, -0.15) is 5.10 Å². The van der Waals surface area contributed by atoms with Crippen molar-refractivity contribution in [1.82, 2.24) is 9.99 Å². The minimum absolute atomic E-state index is 0.140. The molecule has 0 bridgehead atoms. The van der Waals surface area contributed by atoms with Crippen molar-refractivity contribution in [2.24, 2.45) is 10.1 Å². The van der Waals surface area contributed by atoms with Crippen LogP contribution in [0.5, 0.6) is 0 Å². The van der Waals surface area contributed by atoms with Crippen LogP contribution in [0.2, 0.25) is 5.02 Å². The first kappa shape index (κ1) is 23.0. The standard InChI is InChI=1S/C24H24ClN5O2S/c1-26-24(23-15-19(16-30(23)27-2)17-11-13-28-14-12-17)18-3-7-21(8-4-18)29-33(31,32)22-9-5-20(25)6-10-22/h3-11,15-16,28-29H,2,12-14H2,1H3/b26-24-. The highest BCUT2D eigenvalue weighted by molar-refractivity contribution is 7.92. The Balaban J connectivity index is 1.59. The number of rotatable bonds is 7. The average Bonchev–Trinajstić information content (AvgIpc) is 3.25. The summed E-state index contributed by atoms with van der Waals surface area (Å²) in [5.74, 6) is 0. The number of aliphatic imine (C=N–C) groups is 1. The van der Waals surface area contributed by atoms with Crippen molar-refractivity contribution in [3.63, 3.8) is 0 Å². The molecule has 1 aliphatic heterocycles. The molecule has 7 nitrogen and oxygen atoms in total. The van der Waals surface area contributed by atoms with E-state index >= 15 is 0 Å². The zero-order valence-electron chi connectivity index (χ0n) is 18.1. The van der Waals surface area contributed by atoms with E-state index in [0.29, 0.717) is 10.7 Å². The Morgan fingerprint density at radius 1 is 1.15 bits per heavy atom. The van der Waals surface area contributed by atoms with Crippen molar-refractivity contribution in [2.75, 3.05) is 24.9 Å². The molecule has 1 aromatic heterocycles. The van der Waals surface area contributed by atoms with Gasteiger partial charge in [0.15, 0.2) is 0 Å². The molecule has 9 heteroatoms. The van der Waals surface area contributed by atoms with Gasteiger partial charge in [-0.1, -0.05) is 29.8 Å². The lowest BCUT2D eigenvalue weighted by molar-refractivity contribution is 0.601. The number of hydrogen-bond donors (Lipinski definition) is 2. The molecule has 33 heavy (non-hydrogen) atoms. The van der Waals surface area contributed by atoms with Crippen LogP contribution in [0.15, 0.2) is 81.9 Å². The zero-order valence-corrected chi connectivity index (χ0v) is 19.7. The Bertz CT molecular complexity index is 1320. The molecule has 0 unspecified atom stereocenters. The summed E-state index contributed by atoms with van der Waals surface area (Å²) in [4.78, 5) is 4.62. The first-order chi connectivity index (χ1) is 15.9. The Morgan fingerprint density at radius 2 is 1.88 bits per heavy atom. The van der Waals surface area contributed by atoms with E-state index < -0.39 is 10.0 Å². The summed E-state index contributed by atoms with van der Waals surface area (Å²) >= 11 is 5.86. The number of nitrogens with zero attached hydrogens (tertiary/aromatic N) is 3. The lowest BCUT2D eigenvalue weighted by Gasteiger charge is -2.12. The Labute approximate surface area is 198 Å². The molecule has 0 aliphatic carbocycles. The maximum absolute atomic E-state index is 12.6. The normalized spacial score (nSPS) is 14.6. The summed E-state index contributed by atoms with van der Waals surface area (Å²) in [7, 11) is -2.00. The van der Waals surface area contributed by atoms with Gasteiger partial charge in [0, 0.05) is 42.8 Å². The molecule has 0 saturated carbocycles. The molecular formula is C24H24ClN5O2S. The maximum atomic E-state index is 12.6. The predicted molar refractivity (Wildman–Crippen MR) is 135 cm³/mol. The van der Waals surface area contributed by atoms with E-state index in [4.69, 9.17) is 11.6 Å². The number of halogens is 1. The van der Waals surface area contributed by atoms with Crippen molar-refractivity contribution in [1.29, 1.82) is 0 Å². The SMILES string of the molecule is C=Nn1cc(C2=CCNCC2)cc1/C(=N\C)c1ccc(NS(=O)(=O)c2ccc(Cl)cc2)cc1. The smallest absolute Gasteiger partial charge is 0.261 e. The molecule has 1 aliphatic rings. The van der Waals surface area contributed by atoms with Crippen molar-refractivity contribution < 1.29 is 8.42 Å². The lowest BCUT2D eigenvalue weighted by Crippen LogP contribution is -2.19. The van der Waals surface area contributed by atoms with E-state index in [1.165, 1.54) is 17.7 Å². The third-order valence-corrected chi connectivity index (χ3v) is 7.04. The minimum Gasteiger partial charge on any atom is -0.313 e. The topological polar surface area (TPSA) is 87.8 Å². The van der Waals surface area contributed by atoms with Crippen LogP contribution in [-0.2, 0) is 10.0 Å².